The van der Waals surface area contributed by atoms with E-state index in [9.17, 15) is 25.9 Å². The number of benzene rings is 2. The SMILES string of the molecule is CC(C)(C)Nc1nc2nc(n1)Nc1cc(c(S(=O)(=O)O)cc1S(=O)(=O)O)Nc1nc(nc(NC(C)(C)C)n1)NCc1cccc(c1)CN2. The highest BCUT2D eigenvalue weighted by Crippen LogP contribution is 2.35. The summed E-state index contributed by atoms with van der Waals surface area (Å²) < 4.78 is 70.4. The van der Waals surface area contributed by atoms with E-state index < -0.39 is 41.1 Å². The molecule has 0 atom stereocenters. The molecule has 0 fully saturated rings. The molecule has 2 aromatic heterocycles. The number of nitrogens with one attached hydrogen (secondary N) is 6. The molecule has 0 saturated carbocycles. The average molecular weight is 701 g/mol. The minimum atomic E-state index is -5.08. The fraction of sp³-hybridized carbons (Fsp3) is 0.357. The molecule has 0 radical (unpaired) electrons. The molecule has 20 heteroatoms. The standard InChI is InChI=1S/C28H36N12O6S2/c1-27(2,3)39-25-35-21-29-13-15-8-7-9-16(10-15)14-30-22-34-24(38-26(36-22)40-28(4,5)6)32-18-11-17(31-23(33-21)37-25)19(47(41,42)43)12-20(18)48(44,45)46/h7-12H,13-14H2,1-6H3,(H,41,42,43)(H,44,45,46)(H3,29,31,33,35,37,39)(H3,30,32,34,36,38,40). The van der Waals surface area contributed by atoms with Crippen LogP contribution in [0.1, 0.15) is 52.7 Å². The second-order valence-electron chi connectivity index (χ2n) is 12.9. The van der Waals surface area contributed by atoms with Crippen molar-refractivity contribution in [2.75, 3.05) is 31.9 Å². The molecule has 256 valence electrons. The van der Waals surface area contributed by atoms with E-state index in [0.717, 1.165) is 17.2 Å². The van der Waals surface area contributed by atoms with Crippen molar-refractivity contribution in [2.45, 2.75) is 75.5 Å². The highest BCUT2D eigenvalue weighted by atomic mass is 32.2. The van der Waals surface area contributed by atoms with Crippen LogP contribution in [0.15, 0.2) is 46.2 Å². The summed E-state index contributed by atoms with van der Waals surface area (Å²) in [6.07, 6.45) is 0. The number of hydrogen-bond donors (Lipinski definition) is 8. The van der Waals surface area contributed by atoms with Gasteiger partial charge in [0.05, 0.1) is 11.4 Å². The van der Waals surface area contributed by atoms with Crippen LogP contribution in [0.5, 0.6) is 0 Å². The van der Waals surface area contributed by atoms with Crippen LogP contribution in [0, 0.1) is 0 Å². The number of rotatable bonds is 4. The maximum absolute atomic E-state index is 12.5. The van der Waals surface area contributed by atoms with Crippen LogP contribution in [-0.4, -0.2) is 66.9 Å². The molecule has 5 rings (SSSR count). The van der Waals surface area contributed by atoms with E-state index >= 15 is 0 Å². The topological polar surface area (TPSA) is 258 Å². The Morgan fingerprint density at radius 1 is 0.604 bits per heavy atom. The molecule has 4 aromatic rings. The molecular weight excluding hydrogens is 665 g/mol. The zero-order valence-corrected chi connectivity index (χ0v) is 28.5. The number of hydrogen-bond acceptors (Lipinski definition) is 16. The predicted octanol–water partition coefficient (Wildman–Crippen LogP) is 4.00. The molecular formula is C28H36N12O6S2. The van der Waals surface area contributed by atoms with Gasteiger partial charge in [0.2, 0.25) is 35.7 Å². The lowest BCUT2D eigenvalue weighted by Crippen LogP contribution is -2.28. The van der Waals surface area contributed by atoms with Crippen molar-refractivity contribution in [1.29, 1.82) is 0 Å². The van der Waals surface area contributed by atoms with Crippen molar-refractivity contribution >= 4 is 67.3 Å². The molecule has 0 spiro atoms. The van der Waals surface area contributed by atoms with Gasteiger partial charge in [0.1, 0.15) is 9.79 Å². The lowest BCUT2D eigenvalue weighted by Gasteiger charge is -2.22. The lowest BCUT2D eigenvalue weighted by atomic mass is 10.1. The van der Waals surface area contributed by atoms with Gasteiger partial charge in [-0.15, -0.1) is 0 Å². The summed E-state index contributed by atoms with van der Waals surface area (Å²) in [5.74, 6) is 0.189. The van der Waals surface area contributed by atoms with Crippen LogP contribution >= 0.6 is 0 Å². The zero-order chi connectivity index (χ0) is 35.1. The Labute approximate surface area is 277 Å². The molecule has 1 aliphatic rings. The third-order valence-corrected chi connectivity index (χ3v) is 8.05. The largest absolute Gasteiger partial charge is 0.350 e. The summed E-state index contributed by atoms with van der Waals surface area (Å²) >= 11 is 0. The quantitative estimate of drug-likeness (QED) is 0.140. The first-order valence-corrected chi connectivity index (χ1v) is 17.4. The highest BCUT2D eigenvalue weighted by molar-refractivity contribution is 7.86. The molecule has 2 aromatic carbocycles. The fourth-order valence-electron chi connectivity index (χ4n) is 4.44. The molecule has 3 heterocycles. The van der Waals surface area contributed by atoms with Gasteiger partial charge in [0.15, 0.2) is 0 Å². The monoisotopic (exact) mass is 700 g/mol. The van der Waals surface area contributed by atoms with E-state index in [0.29, 0.717) is 19.2 Å². The van der Waals surface area contributed by atoms with Crippen LogP contribution < -0.4 is 31.9 Å². The third-order valence-electron chi connectivity index (χ3n) is 6.27. The van der Waals surface area contributed by atoms with E-state index in [1.54, 1.807) is 0 Å². The molecule has 0 unspecified atom stereocenters. The molecule has 1 aliphatic heterocycles. The van der Waals surface area contributed by atoms with Crippen LogP contribution in [0.3, 0.4) is 0 Å². The van der Waals surface area contributed by atoms with Crippen molar-refractivity contribution in [3.8, 4) is 0 Å². The van der Waals surface area contributed by atoms with E-state index in [2.05, 4.69) is 61.8 Å². The van der Waals surface area contributed by atoms with Crippen LogP contribution in [0.25, 0.3) is 0 Å². The Morgan fingerprint density at radius 3 is 1.38 bits per heavy atom. The van der Waals surface area contributed by atoms with Crippen LogP contribution in [-0.2, 0) is 33.3 Å². The first-order chi connectivity index (χ1) is 22.2. The second kappa shape index (κ2) is 12.6. The summed E-state index contributed by atoms with van der Waals surface area (Å²) in [5, 5.41) is 18.1. The van der Waals surface area contributed by atoms with Crippen molar-refractivity contribution < 1.29 is 25.9 Å². The van der Waals surface area contributed by atoms with Crippen LogP contribution in [0.2, 0.25) is 0 Å². The Bertz CT molecular complexity index is 1940. The van der Waals surface area contributed by atoms with Gasteiger partial charge in [0, 0.05) is 24.2 Å². The molecule has 8 N–H and O–H groups in total. The van der Waals surface area contributed by atoms with Crippen molar-refractivity contribution in [2.24, 2.45) is 0 Å². The Hall–Kier alpha value is -4.92. The Morgan fingerprint density at radius 2 is 1.00 bits per heavy atom. The first-order valence-electron chi connectivity index (χ1n) is 14.5. The number of aromatic nitrogens is 6. The minimum Gasteiger partial charge on any atom is -0.350 e. The summed E-state index contributed by atoms with van der Waals surface area (Å²) in [4.78, 5) is 24.6. The van der Waals surface area contributed by atoms with Gasteiger partial charge in [-0.2, -0.15) is 46.7 Å². The van der Waals surface area contributed by atoms with E-state index in [4.69, 9.17) is 0 Å². The second-order valence-corrected chi connectivity index (χ2v) is 15.7. The van der Waals surface area contributed by atoms with Gasteiger partial charge in [-0.25, -0.2) is 0 Å². The minimum absolute atomic E-state index is 0.122. The summed E-state index contributed by atoms with van der Waals surface area (Å²) in [6.45, 7) is 11.9. The van der Waals surface area contributed by atoms with E-state index in [1.165, 1.54) is 0 Å². The number of nitrogens with zero attached hydrogens (tertiary/aromatic N) is 6. The molecule has 48 heavy (non-hydrogen) atoms. The molecule has 18 nitrogen and oxygen atoms in total. The summed E-state index contributed by atoms with van der Waals surface area (Å²) in [6, 6.07) is 9.28. The zero-order valence-electron chi connectivity index (χ0n) is 26.9. The average Bonchev–Trinajstić information content (AvgIpc) is 2.91. The summed E-state index contributed by atoms with van der Waals surface area (Å²) in [7, 11) is -10.2. The lowest BCUT2D eigenvalue weighted by molar-refractivity contribution is 0.481. The van der Waals surface area contributed by atoms with Gasteiger partial charge < -0.3 is 31.9 Å². The fourth-order valence-corrected chi connectivity index (χ4v) is 5.82. The van der Waals surface area contributed by atoms with Gasteiger partial charge >= 0.3 is 0 Å². The Balaban J connectivity index is 1.74. The summed E-state index contributed by atoms with van der Waals surface area (Å²) in [5.41, 5.74) is 0.123. The maximum Gasteiger partial charge on any atom is 0.296 e. The van der Waals surface area contributed by atoms with Crippen molar-refractivity contribution in [3.05, 3.63) is 47.5 Å². The first kappa shape index (κ1) is 34.4. The third kappa shape index (κ3) is 9.12. The number of anilines is 8. The number of fused-ring (bicyclic) bond motifs is 8. The van der Waals surface area contributed by atoms with Crippen molar-refractivity contribution in [1.82, 2.24) is 29.9 Å². The van der Waals surface area contributed by atoms with E-state index in [-0.39, 0.29) is 47.1 Å². The van der Waals surface area contributed by atoms with E-state index in [1.807, 2.05) is 65.8 Å². The predicted molar refractivity (Wildman–Crippen MR) is 180 cm³/mol. The normalized spacial score (nSPS) is 13.8. The van der Waals surface area contributed by atoms with Gasteiger partial charge in [-0.05, 0) is 64.8 Å². The molecule has 0 saturated heterocycles. The van der Waals surface area contributed by atoms with Crippen molar-refractivity contribution in [3.63, 3.8) is 0 Å². The molecule has 0 aliphatic carbocycles. The Kier molecular flexibility index (Phi) is 9.03. The smallest absolute Gasteiger partial charge is 0.296 e. The highest BCUT2D eigenvalue weighted by Gasteiger charge is 2.27. The van der Waals surface area contributed by atoms with Gasteiger partial charge in [-0.1, -0.05) is 24.3 Å². The van der Waals surface area contributed by atoms with Gasteiger partial charge in [0.25, 0.3) is 20.2 Å². The molecule has 0 amide bonds. The van der Waals surface area contributed by atoms with Gasteiger partial charge in [-0.3, -0.25) is 9.11 Å². The van der Waals surface area contributed by atoms with Crippen LogP contribution in [0.4, 0.5) is 47.1 Å². The maximum atomic E-state index is 12.5. The molecule has 8 bridgehead atoms.